The standard InChI is InChI=1S/C59H62N4O/c1-56(2,3)43-25-28-52-51(34-43)50-27-26-48(37-53(50)63(52)55-35-44(29-30-60-55)57(4,5)6)64-49-32-41(40-19-14-12-15-20-40)31-47(36-49)62-39-61(38-54(62)58(7,8)9)46-24-18-23-45(33-46)59(10,11)42-21-16-13-17-22-42/h12-38H,39H2,1-11H3. The topological polar surface area (TPSA) is 33.5 Å². The van der Waals surface area contributed by atoms with Crippen LogP contribution in [0.25, 0.3) is 38.8 Å². The summed E-state index contributed by atoms with van der Waals surface area (Å²) >= 11 is 0. The van der Waals surface area contributed by atoms with Crippen molar-refractivity contribution in [1.29, 1.82) is 0 Å². The molecule has 0 bridgehead atoms. The van der Waals surface area contributed by atoms with Gasteiger partial charge < -0.3 is 14.5 Å². The number of ether oxygens (including phenoxy) is 1. The van der Waals surface area contributed by atoms with Gasteiger partial charge in [0.05, 0.1) is 17.7 Å². The largest absolute Gasteiger partial charge is 0.457 e. The molecule has 64 heavy (non-hydrogen) atoms. The molecule has 5 nitrogen and oxygen atoms in total. The highest BCUT2D eigenvalue weighted by Crippen LogP contribution is 2.44. The minimum Gasteiger partial charge on any atom is -0.457 e. The first-order chi connectivity index (χ1) is 30.3. The number of fused-ring (bicyclic) bond motifs is 3. The molecule has 1 aliphatic rings. The van der Waals surface area contributed by atoms with Crippen LogP contribution in [0, 0.1) is 5.41 Å². The lowest BCUT2D eigenvalue weighted by Gasteiger charge is -2.31. The number of aromatic nitrogens is 2. The Bertz CT molecular complexity index is 3030. The lowest BCUT2D eigenvalue weighted by Crippen LogP contribution is -2.30. The molecule has 0 N–H and O–H groups in total. The third-order valence-corrected chi connectivity index (χ3v) is 13.0. The van der Waals surface area contributed by atoms with E-state index in [1.165, 1.54) is 44.4 Å². The van der Waals surface area contributed by atoms with Crippen molar-refractivity contribution in [3.05, 3.63) is 192 Å². The molecule has 3 heterocycles. The van der Waals surface area contributed by atoms with Crippen molar-refractivity contribution in [3.63, 3.8) is 0 Å². The summed E-state index contributed by atoms with van der Waals surface area (Å²) in [4.78, 5) is 9.82. The summed E-state index contributed by atoms with van der Waals surface area (Å²) in [5.41, 5.74) is 12.7. The van der Waals surface area contributed by atoms with E-state index in [1.807, 2.05) is 6.20 Å². The van der Waals surface area contributed by atoms with Crippen molar-refractivity contribution in [2.45, 2.75) is 92.4 Å². The fraction of sp³-hybridized carbons (Fsp3) is 0.271. The van der Waals surface area contributed by atoms with Crippen LogP contribution in [-0.2, 0) is 16.2 Å². The van der Waals surface area contributed by atoms with Gasteiger partial charge in [0.15, 0.2) is 0 Å². The quantitative estimate of drug-likeness (QED) is 0.153. The van der Waals surface area contributed by atoms with Gasteiger partial charge in [-0.2, -0.15) is 0 Å². The van der Waals surface area contributed by atoms with E-state index < -0.39 is 0 Å². The van der Waals surface area contributed by atoms with Crippen LogP contribution in [0.1, 0.15) is 98.4 Å². The first kappa shape index (κ1) is 42.7. The van der Waals surface area contributed by atoms with Gasteiger partial charge in [0.1, 0.15) is 17.3 Å². The number of nitrogens with zero attached hydrogens (tertiary/aromatic N) is 4. The van der Waals surface area contributed by atoms with Gasteiger partial charge in [-0.05, 0) is 105 Å². The minimum absolute atomic E-state index is 0.00921. The molecule has 1 aliphatic heterocycles. The zero-order chi connectivity index (χ0) is 45.2. The first-order valence-corrected chi connectivity index (χ1v) is 22.7. The highest BCUT2D eigenvalue weighted by Gasteiger charge is 2.33. The van der Waals surface area contributed by atoms with Gasteiger partial charge in [-0.15, -0.1) is 0 Å². The molecular weight excluding hydrogens is 781 g/mol. The van der Waals surface area contributed by atoms with E-state index in [-0.39, 0.29) is 21.7 Å². The Morgan fingerprint density at radius 2 is 1.16 bits per heavy atom. The molecule has 6 aromatic carbocycles. The number of hydrogen-bond acceptors (Lipinski definition) is 4. The molecule has 0 unspecified atom stereocenters. The summed E-state index contributed by atoms with van der Waals surface area (Å²) in [6.45, 7) is 25.8. The highest BCUT2D eigenvalue weighted by atomic mass is 16.5. The maximum Gasteiger partial charge on any atom is 0.137 e. The second-order valence-corrected chi connectivity index (χ2v) is 21.2. The Labute approximate surface area is 380 Å². The number of anilines is 2. The molecule has 0 radical (unpaired) electrons. The molecule has 0 fully saturated rings. The third kappa shape index (κ3) is 8.20. The minimum atomic E-state index is -0.150. The molecule has 9 rings (SSSR count). The van der Waals surface area contributed by atoms with Gasteiger partial charge >= 0.3 is 0 Å². The lowest BCUT2D eigenvalue weighted by atomic mass is 9.78. The summed E-state index contributed by atoms with van der Waals surface area (Å²) in [6, 6.07) is 54.9. The van der Waals surface area contributed by atoms with Crippen LogP contribution >= 0.6 is 0 Å². The van der Waals surface area contributed by atoms with Crippen LogP contribution in [0.4, 0.5) is 11.4 Å². The lowest BCUT2D eigenvalue weighted by molar-refractivity contribution is 0.481. The number of allylic oxidation sites excluding steroid dienone is 1. The Hall–Kier alpha value is -6.59. The number of benzene rings is 6. The summed E-state index contributed by atoms with van der Waals surface area (Å²) in [5, 5.41) is 2.38. The molecule has 0 saturated carbocycles. The molecule has 5 heteroatoms. The van der Waals surface area contributed by atoms with Gasteiger partial charge in [0.2, 0.25) is 0 Å². The molecule has 0 amide bonds. The van der Waals surface area contributed by atoms with E-state index in [1.54, 1.807) is 0 Å². The van der Waals surface area contributed by atoms with Crippen molar-refractivity contribution < 1.29 is 4.74 Å². The van der Waals surface area contributed by atoms with E-state index in [4.69, 9.17) is 9.72 Å². The van der Waals surface area contributed by atoms with Gasteiger partial charge in [0, 0.05) is 63.2 Å². The monoisotopic (exact) mass is 842 g/mol. The first-order valence-electron chi connectivity index (χ1n) is 22.7. The normalized spacial score (nSPS) is 13.8. The highest BCUT2D eigenvalue weighted by molar-refractivity contribution is 6.09. The fourth-order valence-corrected chi connectivity index (χ4v) is 9.07. The zero-order valence-corrected chi connectivity index (χ0v) is 39.5. The number of hydrogen-bond donors (Lipinski definition) is 0. The summed E-state index contributed by atoms with van der Waals surface area (Å²) in [6.07, 6.45) is 4.28. The SMILES string of the molecule is CC(C)(C)C1=CN(c2cccc(C(C)(C)c3ccccc3)c2)CN1c1cc(Oc2ccc3c4cc(C(C)(C)C)ccc4n(-c4cc(C(C)(C)C)ccn4)c3c2)cc(-c2ccccc2)c1. The van der Waals surface area contributed by atoms with Crippen LogP contribution in [0.3, 0.4) is 0 Å². The van der Waals surface area contributed by atoms with E-state index in [9.17, 15) is 0 Å². The van der Waals surface area contributed by atoms with Gasteiger partial charge in [-0.1, -0.05) is 155 Å². The van der Waals surface area contributed by atoms with Gasteiger partial charge in [0.25, 0.3) is 0 Å². The predicted octanol–water partition coefficient (Wildman–Crippen LogP) is 15.7. The van der Waals surface area contributed by atoms with Crippen molar-refractivity contribution in [2.75, 3.05) is 16.5 Å². The summed E-state index contributed by atoms with van der Waals surface area (Å²) in [5.74, 6) is 2.44. The van der Waals surface area contributed by atoms with Gasteiger partial charge in [-0.3, -0.25) is 4.57 Å². The molecule has 2 aromatic heterocycles. The number of pyridine rings is 1. The maximum absolute atomic E-state index is 7.03. The third-order valence-electron chi connectivity index (χ3n) is 13.0. The van der Waals surface area contributed by atoms with Crippen LogP contribution < -0.4 is 14.5 Å². The van der Waals surface area contributed by atoms with E-state index in [2.05, 4.69) is 248 Å². The number of rotatable bonds is 8. The average Bonchev–Trinajstić information content (AvgIpc) is 3.87. The van der Waals surface area contributed by atoms with Crippen LogP contribution in [-0.4, -0.2) is 16.2 Å². The molecular formula is C59H62N4O. The van der Waals surface area contributed by atoms with E-state index >= 15 is 0 Å². The molecule has 0 atom stereocenters. The van der Waals surface area contributed by atoms with Crippen molar-refractivity contribution in [2.24, 2.45) is 5.41 Å². The Morgan fingerprint density at radius 1 is 0.469 bits per heavy atom. The average molecular weight is 843 g/mol. The van der Waals surface area contributed by atoms with E-state index in [0.29, 0.717) is 6.67 Å². The Kier molecular flexibility index (Phi) is 10.6. The fourth-order valence-electron chi connectivity index (χ4n) is 9.07. The smallest absolute Gasteiger partial charge is 0.137 e. The Morgan fingerprint density at radius 3 is 1.86 bits per heavy atom. The molecule has 0 aliphatic carbocycles. The van der Waals surface area contributed by atoms with Gasteiger partial charge in [-0.25, -0.2) is 4.98 Å². The summed E-state index contributed by atoms with van der Waals surface area (Å²) in [7, 11) is 0. The molecule has 8 aromatic rings. The maximum atomic E-state index is 7.03. The Balaban J connectivity index is 1.14. The molecule has 0 saturated heterocycles. The van der Waals surface area contributed by atoms with Crippen molar-refractivity contribution in [3.8, 4) is 28.4 Å². The second-order valence-electron chi connectivity index (χ2n) is 21.2. The predicted molar refractivity (Wildman–Crippen MR) is 270 cm³/mol. The summed E-state index contributed by atoms with van der Waals surface area (Å²) < 4.78 is 9.33. The van der Waals surface area contributed by atoms with Crippen molar-refractivity contribution in [1.82, 2.24) is 9.55 Å². The van der Waals surface area contributed by atoms with Crippen molar-refractivity contribution >= 4 is 33.2 Å². The van der Waals surface area contributed by atoms with Crippen LogP contribution in [0.2, 0.25) is 0 Å². The second kappa shape index (κ2) is 15.9. The van der Waals surface area contributed by atoms with E-state index in [0.717, 1.165) is 45.2 Å². The molecule has 0 spiro atoms. The van der Waals surface area contributed by atoms with Crippen LogP contribution in [0.15, 0.2) is 170 Å². The zero-order valence-electron chi connectivity index (χ0n) is 39.5. The van der Waals surface area contributed by atoms with Crippen LogP contribution in [0.5, 0.6) is 11.5 Å². The molecule has 324 valence electrons.